The highest BCUT2D eigenvalue weighted by Crippen LogP contribution is 2.28. The van der Waals surface area contributed by atoms with Crippen LogP contribution in [-0.4, -0.2) is 37.2 Å². The van der Waals surface area contributed by atoms with E-state index in [1.807, 2.05) is 6.07 Å². The molecule has 1 aliphatic heterocycles. The maximum absolute atomic E-state index is 11.1. The molecule has 0 radical (unpaired) electrons. The molecule has 0 unspecified atom stereocenters. The van der Waals surface area contributed by atoms with Crippen LogP contribution >= 0.6 is 11.3 Å². The summed E-state index contributed by atoms with van der Waals surface area (Å²) in [5.74, 6) is 1.10. The number of primary sulfonamides is 1. The summed E-state index contributed by atoms with van der Waals surface area (Å²) in [6, 6.07) is 1.99. The largest absolute Gasteiger partial charge is 0.375 e. The first-order valence-corrected chi connectivity index (χ1v) is 9.21. The maximum atomic E-state index is 11.1. The van der Waals surface area contributed by atoms with E-state index in [0.29, 0.717) is 5.13 Å². The van der Waals surface area contributed by atoms with Gasteiger partial charge in [0.2, 0.25) is 10.0 Å². The van der Waals surface area contributed by atoms with Crippen molar-refractivity contribution in [2.75, 3.05) is 29.5 Å². The fourth-order valence-electron chi connectivity index (χ4n) is 2.67. The number of rotatable bonds is 3. The minimum atomic E-state index is -3.39. The lowest BCUT2D eigenvalue weighted by atomic mass is 9.99. The molecular weight excluding hydrogens is 310 g/mol. The molecule has 3 rings (SSSR count). The lowest BCUT2D eigenvalue weighted by Crippen LogP contribution is -2.37. The second-order valence-electron chi connectivity index (χ2n) is 5.32. The van der Waals surface area contributed by atoms with Crippen molar-refractivity contribution < 1.29 is 8.42 Å². The van der Waals surface area contributed by atoms with Gasteiger partial charge in [0.05, 0.1) is 16.6 Å². The molecule has 3 heterocycles. The number of nitrogens with zero attached hydrogens (tertiary/aromatic N) is 3. The molecule has 21 heavy (non-hydrogen) atoms. The molecular formula is C12H17N5O2S2. The summed E-state index contributed by atoms with van der Waals surface area (Å²) in [5.41, 5.74) is 6.50. The third kappa shape index (κ3) is 3.42. The van der Waals surface area contributed by atoms with Crippen LogP contribution in [0.15, 0.2) is 12.3 Å². The highest BCUT2D eigenvalue weighted by Gasteiger charge is 2.23. The molecule has 0 aromatic carbocycles. The fourth-order valence-corrected chi connectivity index (χ4v) is 4.40. The van der Waals surface area contributed by atoms with Crippen molar-refractivity contribution in [3.63, 3.8) is 0 Å². The molecule has 9 heteroatoms. The molecule has 1 aliphatic rings. The van der Waals surface area contributed by atoms with Crippen LogP contribution in [0.2, 0.25) is 0 Å². The molecule has 0 saturated carbocycles. The van der Waals surface area contributed by atoms with Crippen LogP contribution in [0.4, 0.5) is 10.9 Å². The molecule has 0 spiro atoms. The van der Waals surface area contributed by atoms with Crippen molar-refractivity contribution in [1.82, 2.24) is 9.97 Å². The minimum absolute atomic E-state index is 0.0681. The van der Waals surface area contributed by atoms with Gasteiger partial charge in [0, 0.05) is 19.2 Å². The van der Waals surface area contributed by atoms with Crippen LogP contribution in [0.3, 0.4) is 0 Å². The van der Waals surface area contributed by atoms with Gasteiger partial charge in [0.1, 0.15) is 11.3 Å². The SMILES string of the molecule is Nc1nc2cnc(N3CCC(CS(N)(=O)=O)CC3)cc2s1. The number of hydrogen-bond acceptors (Lipinski definition) is 7. The van der Waals surface area contributed by atoms with Crippen LogP contribution < -0.4 is 15.8 Å². The van der Waals surface area contributed by atoms with Crippen LogP contribution in [0.5, 0.6) is 0 Å². The Morgan fingerprint density at radius 2 is 2.10 bits per heavy atom. The predicted molar refractivity (Wildman–Crippen MR) is 84.7 cm³/mol. The number of fused-ring (bicyclic) bond motifs is 1. The topological polar surface area (TPSA) is 115 Å². The molecule has 114 valence electrons. The highest BCUT2D eigenvalue weighted by atomic mass is 32.2. The minimum Gasteiger partial charge on any atom is -0.375 e. The van der Waals surface area contributed by atoms with Gasteiger partial charge in [0.15, 0.2) is 5.13 Å². The second kappa shape index (κ2) is 5.39. The van der Waals surface area contributed by atoms with E-state index in [4.69, 9.17) is 10.9 Å². The normalized spacial score (nSPS) is 17.5. The van der Waals surface area contributed by atoms with E-state index in [9.17, 15) is 8.42 Å². The van der Waals surface area contributed by atoms with Crippen molar-refractivity contribution >= 4 is 42.5 Å². The smallest absolute Gasteiger partial charge is 0.209 e. The van der Waals surface area contributed by atoms with E-state index < -0.39 is 10.0 Å². The standard InChI is InChI=1S/C12H17N5O2S2/c13-12-16-9-6-15-11(5-10(9)20-12)17-3-1-8(2-4-17)7-21(14,18)19/h5-6,8H,1-4,7H2,(H2,13,16)(H2,14,18,19). The van der Waals surface area contributed by atoms with Gasteiger partial charge >= 0.3 is 0 Å². The lowest BCUT2D eigenvalue weighted by Gasteiger charge is -2.32. The van der Waals surface area contributed by atoms with E-state index in [-0.39, 0.29) is 11.7 Å². The highest BCUT2D eigenvalue weighted by molar-refractivity contribution is 7.89. The maximum Gasteiger partial charge on any atom is 0.209 e. The Labute approximate surface area is 127 Å². The van der Waals surface area contributed by atoms with Gasteiger partial charge in [-0.15, -0.1) is 0 Å². The zero-order chi connectivity index (χ0) is 15.0. The van der Waals surface area contributed by atoms with E-state index in [0.717, 1.165) is 42.0 Å². The molecule has 7 nitrogen and oxygen atoms in total. The first-order chi connectivity index (χ1) is 9.90. The average Bonchev–Trinajstić information content (AvgIpc) is 2.76. The number of anilines is 2. The van der Waals surface area contributed by atoms with Gasteiger partial charge in [-0.3, -0.25) is 0 Å². The summed E-state index contributed by atoms with van der Waals surface area (Å²) in [6.45, 7) is 1.57. The van der Waals surface area contributed by atoms with Crippen molar-refractivity contribution in [2.45, 2.75) is 12.8 Å². The predicted octanol–water partition coefficient (Wildman–Crippen LogP) is 0.778. The number of pyridine rings is 1. The molecule has 0 bridgehead atoms. The van der Waals surface area contributed by atoms with Crippen LogP contribution in [0.1, 0.15) is 12.8 Å². The average molecular weight is 327 g/mol. The Kier molecular flexibility index (Phi) is 3.72. The lowest BCUT2D eigenvalue weighted by molar-refractivity contribution is 0.434. The van der Waals surface area contributed by atoms with Crippen LogP contribution in [-0.2, 0) is 10.0 Å². The molecule has 4 N–H and O–H groups in total. The summed E-state index contributed by atoms with van der Waals surface area (Å²) in [7, 11) is -3.39. The van der Waals surface area contributed by atoms with Gasteiger partial charge in [0.25, 0.3) is 0 Å². The summed E-state index contributed by atoms with van der Waals surface area (Å²) >= 11 is 1.44. The summed E-state index contributed by atoms with van der Waals surface area (Å²) in [5, 5.41) is 5.64. The van der Waals surface area contributed by atoms with E-state index in [1.165, 1.54) is 11.3 Å². The number of aromatic nitrogens is 2. The summed E-state index contributed by atoms with van der Waals surface area (Å²) < 4.78 is 23.3. The summed E-state index contributed by atoms with van der Waals surface area (Å²) in [4.78, 5) is 10.8. The van der Waals surface area contributed by atoms with E-state index >= 15 is 0 Å². The van der Waals surface area contributed by atoms with Gasteiger partial charge in [-0.25, -0.2) is 23.5 Å². The number of piperidine rings is 1. The van der Waals surface area contributed by atoms with Gasteiger partial charge in [-0.1, -0.05) is 11.3 Å². The first kappa shape index (κ1) is 14.5. The van der Waals surface area contributed by atoms with Crippen LogP contribution in [0, 0.1) is 5.92 Å². The molecule has 2 aromatic heterocycles. The fraction of sp³-hybridized carbons (Fsp3) is 0.500. The third-order valence-electron chi connectivity index (χ3n) is 3.68. The Morgan fingerprint density at radius 3 is 2.76 bits per heavy atom. The second-order valence-corrected chi connectivity index (χ2v) is 8.04. The quantitative estimate of drug-likeness (QED) is 0.860. The number of nitrogens with two attached hydrogens (primary N) is 2. The number of hydrogen-bond donors (Lipinski definition) is 2. The van der Waals surface area contributed by atoms with Gasteiger partial charge in [-0.2, -0.15) is 0 Å². The molecule has 1 fully saturated rings. The van der Waals surface area contributed by atoms with Crippen molar-refractivity contribution in [1.29, 1.82) is 0 Å². The van der Waals surface area contributed by atoms with Crippen molar-refractivity contribution in [2.24, 2.45) is 11.1 Å². The van der Waals surface area contributed by atoms with E-state index in [1.54, 1.807) is 6.20 Å². The molecule has 2 aromatic rings. The number of sulfonamides is 1. The van der Waals surface area contributed by atoms with Crippen molar-refractivity contribution in [3.8, 4) is 0 Å². The van der Waals surface area contributed by atoms with Crippen molar-refractivity contribution in [3.05, 3.63) is 12.3 Å². The van der Waals surface area contributed by atoms with Gasteiger partial charge < -0.3 is 10.6 Å². The van der Waals surface area contributed by atoms with Gasteiger partial charge in [-0.05, 0) is 18.8 Å². The Balaban J connectivity index is 1.70. The molecule has 0 aliphatic carbocycles. The molecule has 0 atom stereocenters. The Morgan fingerprint density at radius 1 is 1.38 bits per heavy atom. The first-order valence-electron chi connectivity index (χ1n) is 6.68. The summed E-state index contributed by atoms with van der Waals surface area (Å²) in [6.07, 6.45) is 3.34. The van der Waals surface area contributed by atoms with E-state index in [2.05, 4.69) is 14.9 Å². The Bertz CT molecular complexity index is 750. The molecule has 1 saturated heterocycles. The number of nitrogen functional groups attached to an aromatic ring is 1. The Hall–Kier alpha value is -1.45. The van der Waals surface area contributed by atoms with Crippen LogP contribution in [0.25, 0.3) is 10.2 Å². The monoisotopic (exact) mass is 327 g/mol. The zero-order valence-electron chi connectivity index (χ0n) is 11.4. The third-order valence-corrected chi connectivity index (χ3v) is 5.47. The molecule has 0 amide bonds. The zero-order valence-corrected chi connectivity index (χ0v) is 13.0. The number of thiazole rings is 1.